The molecule has 114 valence electrons. The van der Waals surface area contributed by atoms with E-state index in [-0.39, 0.29) is 35.3 Å². The summed E-state index contributed by atoms with van der Waals surface area (Å²) >= 11 is 1.90. The van der Waals surface area contributed by atoms with Crippen LogP contribution in [0, 0.1) is 0 Å². The van der Waals surface area contributed by atoms with Crippen molar-refractivity contribution < 1.29 is 13.2 Å². The minimum atomic E-state index is -4.13. The molecule has 0 aromatic heterocycles. The van der Waals surface area contributed by atoms with Crippen molar-refractivity contribution in [2.24, 2.45) is 4.99 Å². The maximum atomic E-state index is 12.0. The Morgan fingerprint density at radius 1 is 1.37 bits per heavy atom. The molecule has 1 fully saturated rings. The maximum absolute atomic E-state index is 12.0. The van der Waals surface area contributed by atoms with Gasteiger partial charge in [0.05, 0.1) is 6.42 Å². The minimum absolute atomic E-state index is 0. The van der Waals surface area contributed by atoms with Gasteiger partial charge in [0.25, 0.3) is 0 Å². The summed E-state index contributed by atoms with van der Waals surface area (Å²) in [6, 6.07) is 0. The first-order chi connectivity index (χ1) is 8.35. The van der Waals surface area contributed by atoms with Crippen molar-refractivity contribution in [1.29, 1.82) is 0 Å². The van der Waals surface area contributed by atoms with E-state index in [4.69, 9.17) is 0 Å². The number of halogens is 4. The Hall–Kier alpha value is 0.140. The average molecular weight is 411 g/mol. The van der Waals surface area contributed by atoms with Crippen LogP contribution in [0.4, 0.5) is 13.2 Å². The number of hydrogen-bond donors (Lipinski definition) is 2. The normalized spacial score (nSPS) is 23.9. The Kier molecular flexibility index (Phi) is 8.49. The number of rotatable bonds is 4. The molecule has 19 heavy (non-hydrogen) atoms. The van der Waals surface area contributed by atoms with E-state index in [0.717, 1.165) is 18.7 Å². The van der Waals surface area contributed by atoms with E-state index in [1.807, 2.05) is 11.8 Å². The SMILES string of the molecule is CN=C(NCCC(F)(F)F)NCC1(C)CCCS1.I. The van der Waals surface area contributed by atoms with Gasteiger partial charge in [0, 0.05) is 24.9 Å². The van der Waals surface area contributed by atoms with E-state index < -0.39 is 12.6 Å². The summed E-state index contributed by atoms with van der Waals surface area (Å²) in [5.74, 6) is 1.59. The van der Waals surface area contributed by atoms with E-state index in [1.165, 1.54) is 6.42 Å². The van der Waals surface area contributed by atoms with Gasteiger partial charge in [-0.1, -0.05) is 0 Å². The third-order valence-corrected chi connectivity index (χ3v) is 4.39. The predicted molar refractivity (Wildman–Crippen MR) is 85.5 cm³/mol. The lowest BCUT2D eigenvalue weighted by Gasteiger charge is -2.24. The monoisotopic (exact) mass is 411 g/mol. The van der Waals surface area contributed by atoms with Gasteiger partial charge in [0.2, 0.25) is 0 Å². The van der Waals surface area contributed by atoms with Gasteiger partial charge in [-0.2, -0.15) is 24.9 Å². The highest BCUT2D eigenvalue weighted by Gasteiger charge is 2.29. The summed E-state index contributed by atoms with van der Waals surface area (Å²) < 4.78 is 36.2. The molecule has 1 heterocycles. The van der Waals surface area contributed by atoms with Crippen molar-refractivity contribution in [3.8, 4) is 0 Å². The lowest BCUT2D eigenvalue weighted by Crippen LogP contribution is -2.44. The second-order valence-electron chi connectivity index (χ2n) is 4.62. The third kappa shape index (κ3) is 8.11. The van der Waals surface area contributed by atoms with Gasteiger partial charge in [-0.05, 0) is 25.5 Å². The fourth-order valence-corrected chi connectivity index (χ4v) is 3.03. The Balaban J connectivity index is 0.00000324. The summed E-state index contributed by atoms with van der Waals surface area (Å²) in [5.41, 5.74) is 0. The number of nitrogens with zero attached hydrogens (tertiary/aromatic N) is 1. The molecule has 0 saturated carbocycles. The molecule has 0 aliphatic carbocycles. The van der Waals surface area contributed by atoms with E-state index in [0.29, 0.717) is 5.96 Å². The summed E-state index contributed by atoms with van der Waals surface area (Å²) in [4.78, 5) is 3.92. The molecule has 1 atom stereocenters. The summed E-state index contributed by atoms with van der Waals surface area (Å²) in [7, 11) is 1.56. The van der Waals surface area contributed by atoms with Crippen LogP contribution in [-0.4, -0.2) is 42.8 Å². The van der Waals surface area contributed by atoms with E-state index in [2.05, 4.69) is 22.5 Å². The van der Waals surface area contributed by atoms with Gasteiger partial charge in [0.1, 0.15) is 0 Å². The number of nitrogens with one attached hydrogen (secondary N) is 2. The zero-order valence-corrected chi connectivity index (χ0v) is 14.3. The van der Waals surface area contributed by atoms with Crippen LogP contribution in [0.1, 0.15) is 26.2 Å². The Bertz CT molecular complexity index is 291. The van der Waals surface area contributed by atoms with Crippen LogP contribution in [0.25, 0.3) is 0 Å². The minimum Gasteiger partial charge on any atom is -0.356 e. The van der Waals surface area contributed by atoms with Crippen LogP contribution in [-0.2, 0) is 0 Å². The molecule has 1 unspecified atom stereocenters. The highest BCUT2D eigenvalue weighted by Crippen LogP contribution is 2.36. The fourth-order valence-electron chi connectivity index (χ4n) is 1.79. The largest absolute Gasteiger partial charge is 0.390 e. The first-order valence-corrected chi connectivity index (χ1v) is 6.98. The lowest BCUT2D eigenvalue weighted by atomic mass is 10.1. The molecule has 0 aromatic rings. The Morgan fingerprint density at radius 3 is 2.53 bits per heavy atom. The summed E-state index contributed by atoms with van der Waals surface area (Å²) in [5, 5.41) is 5.77. The van der Waals surface area contributed by atoms with E-state index in [9.17, 15) is 13.2 Å². The van der Waals surface area contributed by atoms with Crippen molar-refractivity contribution in [2.45, 2.75) is 37.1 Å². The van der Waals surface area contributed by atoms with E-state index in [1.54, 1.807) is 7.05 Å². The van der Waals surface area contributed by atoms with Gasteiger partial charge in [-0.15, -0.1) is 24.0 Å². The van der Waals surface area contributed by atoms with Gasteiger partial charge >= 0.3 is 6.18 Å². The zero-order chi connectivity index (χ0) is 13.6. The van der Waals surface area contributed by atoms with Crippen LogP contribution in [0.5, 0.6) is 0 Å². The molecule has 3 nitrogen and oxygen atoms in total. The quantitative estimate of drug-likeness (QED) is 0.424. The average Bonchev–Trinajstić information content (AvgIpc) is 2.69. The van der Waals surface area contributed by atoms with Gasteiger partial charge < -0.3 is 10.6 Å². The van der Waals surface area contributed by atoms with Crippen LogP contribution in [0.15, 0.2) is 4.99 Å². The molecule has 0 spiro atoms. The Labute approximate surface area is 133 Å². The second-order valence-corrected chi connectivity index (χ2v) is 6.30. The van der Waals surface area contributed by atoms with Crippen molar-refractivity contribution in [3.63, 3.8) is 0 Å². The number of thioether (sulfide) groups is 1. The van der Waals surface area contributed by atoms with Crippen molar-refractivity contribution in [2.75, 3.05) is 25.9 Å². The number of guanidine groups is 1. The molecule has 2 N–H and O–H groups in total. The number of aliphatic imine (C=N–C) groups is 1. The van der Waals surface area contributed by atoms with Gasteiger partial charge in [-0.3, -0.25) is 4.99 Å². The fraction of sp³-hybridized carbons (Fsp3) is 0.909. The standard InChI is InChI=1S/C11H20F3N3S.HI/c1-10(4-3-7-18-10)8-17-9(15-2)16-6-5-11(12,13)14;/h3-8H2,1-2H3,(H2,15,16,17);1H. The molecule has 0 amide bonds. The van der Waals surface area contributed by atoms with E-state index >= 15 is 0 Å². The van der Waals surface area contributed by atoms with Gasteiger partial charge in [0.15, 0.2) is 5.96 Å². The molecule has 8 heteroatoms. The van der Waals surface area contributed by atoms with Gasteiger partial charge in [-0.25, -0.2) is 0 Å². The van der Waals surface area contributed by atoms with Crippen LogP contribution in [0.2, 0.25) is 0 Å². The molecule has 0 bridgehead atoms. The van der Waals surface area contributed by atoms with Crippen LogP contribution in [0.3, 0.4) is 0 Å². The van der Waals surface area contributed by atoms with Crippen molar-refractivity contribution in [1.82, 2.24) is 10.6 Å². The maximum Gasteiger partial charge on any atom is 0.390 e. The topological polar surface area (TPSA) is 36.4 Å². The van der Waals surface area contributed by atoms with Crippen LogP contribution >= 0.6 is 35.7 Å². The molecule has 1 aliphatic rings. The lowest BCUT2D eigenvalue weighted by molar-refractivity contribution is -0.132. The Morgan fingerprint density at radius 2 is 2.05 bits per heavy atom. The third-order valence-electron chi connectivity index (χ3n) is 2.85. The molecule has 0 radical (unpaired) electrons. The zero-order valence-electron chi connectivity index (χ0n) is 11.1. The molecular formula is C11H21F3IN3S. The first-order valence-electron chi connectivity index (χ1n) is 6.00. The number of hydrogen-bond acceptors (Lipinski definition) is 2. The molecule has 1 saturated heterocycles. The van der Waals surface area contributed by atoms with Crippen molar-refractivity contribution >= 4 is 41.7 Å². The molecule has 1 aliphatic heterocycles. The predicted octanol–water partition coefficient (Wildman–Crippen LogP) is 3.01. The number of alkyl halides is 3. The second kappa shape index (κ2) is 8.43. The summed E-state index contributed by atoms with van der Waals surface area (Å²) in [6.07, 6.45) is -2.65. The smallest absolute Gasteiger partial charge is 0.356 e. The molecule has 1 rings (SSSR count). The molecular weight excluding hydrogens is 390 g/mol. The highest BCUT2D eigenvalue weighted by molar-refractivity contribution is 14.0. The highest BCUT2D eigenvalue weighted by atomic mass is 127. The molecule has 0 aromatic carbocycles. The summed E-state index contributed by atoms with van der Waals surface area (Å²) in [6.45, 7) is 2.75. The first kappa shape index (κ1) is 19.1. The van der Waals surface area contributed by atoms with Crippen molar-refractivity contribution in [3.05, 3.63) is 0 Å². The van der Waals surface area contributed by atoms with Crippen LogP contribution < -0.4 is 10.6 Å².